The number of anilines is 2. The average Bonchev–Trinajstić information content (AvgIpc) is 2.95. The molecule has 0 bridgehead atoms. The minimum atomic E-state index is 0.757. The number of nitrogens with zero attached hydrogens (tertiary/aromatic N) is 4. The molecule has 0 aliphatic heterocycles. The Morgan fingerprint density at radius 2 is 2.00 bits per heavy atom. The Bertz CT molecular complexity index is 762. The minimum Gasteiger partial charge on any atom is -0.398 e. The van der Waals surface area contributed by atoms with Crippen LogP contribution in [0.25, 0.3) is 10.2 Å². The fraction of sp³-hybridized carbons (Fsp3) is 0.250. The molecule has 2 N–H and O–H groups in total. The minimum absolute atomic E-state index is 0.757. The van der Waals surface area contributed by atoms with Crippen molar-refractivity contribution in [1.82, 2.24) is 15.2 Å². The monoisotopic (exact) mass is 323 g/mol. The van der Waals surface area contributed by atoms with Crippen molar-refractivity contribution in [2.24, 2.45) is 0 Å². The van der Waals surface area contributed by atoms with Crippen LogP contribution in [0.15, 0.2) is 21.4 Å². The standard InChI is InChI=1S/C12H13N5S3/c1-6-14-8-5-9(7(13)4-10(8)18-6)19-12-16-15-11(20-12)17(2)3/h4-5H,13H2,1-3H3. The first-order valence-corrected chi connectivity index (χ1v) is 8.33. The maximum atomic E-state index is 6.11. The Kier molecular flexibility index (Phi) is 3.53. The second kappa shape index (κ2) is 5.19. The van der Waals surface area contributed by atoms with E-state index in [-0.39, 0.29) is 0 Å². The summed E-state index contributed by atoms with van der Waals surface area (Å²) in [5, 5.41) is 10.2. The Morgan fingerprint density at radius 1 is 1.20 bits per heavy atom. The number of nitrogen functional groups attached to an aromatic ring is 1. The number of hydrogen-bond donors (Lipinski definition) is 1. The average molecular weight is 323 g/mol. The van der Waals surface area contributed by atoms with Crippen LogP contribution >= 0.6 is 34.4 Å². The van der Waals surface area contributed by atoms with Crippen LogP contribution in [0.4, 0.5) is 10.8 Å². The van der Waals surface area contributed by atoms with Gasteiger partial charge in [0.05, 0.1) is 15.2 Å². The van der Waals surface area contributed by atoms with E-state index in [2.05, 4.69) is 15.2 Å². The van der Waals surface area contributed by atoms with Crippen LogP contribution in [0.1, 0.15) is 5.01 Å². The molecule has 2 aromatic heterocycles. The van der Waals surface area contributed by atoms with E-state index in [9.17, 15) is 0 Å². The van der Waals surface area contributed by atoms with Gasteiger partial charge in [0.1, 0.15) is 0 Å². The summed E-state index contributed by atoms with van der Waals surface area (Å²) >= 11 is 4.74. The van der Waals surface area contributed by atoms with E-state index >= 15 is 0 Å². The van der Waals surface area contributed by atoms with Crippen molar-refractivity contribution in [3.8, 4) is 0 Å². The first kappa shape index (κ1) is 13.6. The fourth-order valence-corrected chi connectivity index (χ4v) is 4.33. The van der Waals surface area contributed by atoms with Gasteiger partial charge in [-0.2, -0.15) is 0 Å². The van der Waals surface area contributed by atoms with Crippen LogP contribution in [-0.2, 0) is 0 Å². The molecule has 0 radical (unpaired) electrons. The molecule has 104 valence electrons. The number of rotatable bonds is 3. The highest BCUT2D eigenvalue weighted by Crippen LogP contribution is 2.38. The predicted octanol–water partition coefficient (Wildman–Crippen LogP) is 3.26. The fourth-order valence-electron chi connectivity index (χ4n) is 1.69. The molecule has 3 rings (SSSR count). The molecule has 3 aromatic rings. The molecule has 2 heterocycles. The third kappa shape index (κ3) is 2.58. The van der Waals surface area contributed by atoms with E-state index in [1.54, 1.807) is 22.7 Å². The molecule has 0 saturated heterocycles. The maximum absolute atomic E-state index is 6.11. The topological polar surface area (TPSA) is 67.9 Å². The van der Waals surface area contributed by atoms with Crippen LogP contribution in [-0.4, -0.2) is 29.3 Å². The van der Waals surface area contributed by atoms with Crippen molar-refractivity contribution in [2.45, 2.75) is 16.2 Å². The van der Waals surface area contributed by atoms with Crippen molar-refractivity contribution in [1.29, 1.82) is 0 Å². The summed E-state index contributed by atoms with van der Waals surface area (Å²) in [5.41, 5.74) is 7.86. The van der Waals surface area contributed by atoms with E-state index in [0.29, 0.717) is 0 Å². The molecule has 0 saturated carbocycles. The van der Waals surface area contributed by atoms with Crippen molar-refractivity contribution < 1.29 is 0 Å². The van der Waals surface area contributed by atoms with Gasteiger partial charge < -0.3 is 10.6 Å². The van der Waals surface area contributed by atoms with E-state index in [0.717, 1.165) is 35.3 Å². The van der Waals surface area contributed by atoms with Crippen molar-refractivity contribution >= 4 is 55.5 Å². The van der Waals surface area contributed by atoms with Crippen LogP contribution in [0, 0.1) is 6.92 Å². The highest BCUT2D eigenvalue weighted by Gasteiger charge is 2.11. The van der Waals surface area contributed by atoms with E-state index in [1.165, 1.54) is 11.8 Å². The van der Waals surface area contributed by atoms with Crippen LogP contribution in [0.5, 0.6) is 0 Å². The summed E-state index contributed by atoms with van der Waals surface area (Å²) in [6.07, 6.45) is 0. The van der Waals surface area contributed by atoms with Crippen LogP contribution in [0.2, 0.25) is 0 Å². The molecule has 20 heavy (non-hydrogen) atoms. The van der Waals surface area contributed by atoms with Gasteiger partial charge in [-0.3, -0.25) is 0 Å². The Balaban J connectivity index is 1.94. The lowest BCUT2D eigenvalue weighted by Gasteiger charge is -2.04. The number of benzene rings is 1. The van der Waals surface area contributed by atoms with Gasteiger partial charge in [0.2, 0.25) is 5.13 Å². The third-order valence-corrected chi connectivity index (χ3v) is 5.75. The first-order valence-electron chi connectivity index (χ1n) is 5.88. The number of thiazole rings is 1. The smallest absolute Gasteiger partial charge is 0.208 e. The summed E-state index contributed by atoms with van der Waals surface area (Å²) in [5.74, 6) is 0. The molecule has 0 atom stereocenters. The summed E-state index contributed by atoms with van der Waals surface area (Å²) in [7, 11) is 3.90. The number of nitrogens with two attached hydrogens (primary N) is 1. The Labute approximate surface area is 128 Å². The second-order valence-corrected chi connectivity index (χ2v) is 7.92. The molecule has 5 nitrogen and oxygen atoms in total. The predicted molar refractivity (Wildman–Crippen MR) is 87.1 cm³/mol. The van der Waals surface area contributed by atoms with Crippen molar-refractivity contribution in [2.75, 3.05) is 24.7 Å². The SMILES string of the molecule is Cc1nc2cc(Sc3nnc(N(C)C)s3)c(N)cc2s1. The van der Waals surface area contributed by atoms with Gasteiger partial charge in [0, 0.05) is 24.7 Å². The maximum Gasteiger partial charge on any atom is 0.208 e. The first-order chi connectivity index (χ1) is 9.52. The molecule has 8 heteroatoms. The number of fused-ring (bicyclic) bond motifs is 1. The number of hydrogen-bond acceptors (Lipinski definition) is 8. The summed E-state index contributed by atoms with van der Waals surface area (Å²) in [4.78, 5) is 7.42. The lowest BCUT2D eigenvalue weighted by atomic mass is 10.3. The summed E-state index contributed by atoms with van der Waals surface area (Å²) < 4.78 is 2.00. The molecule has 0 aliphatic rings. The molecule has 0 fully saturated rings. The zero-order chi connectivity index (χ0) is 14.3. The van der Waals surface area contributed by atoms with Gasteiger partial charge >= 0.3 is 0 Å². The summed E-state index contributed by atoms with van der Waals surface area (Å²) in [6, 6.07) is 4.01. The van der Waals surface area contributed by atoms with Gasteiger partial charge in [0.25, 0.3) is 0 Å². The van der Waals surface area contributed by atoms with Crippen LogP contribution in [0.3, 0.4) is 0 Å². The van der Waals surface area contributed by atoms with Crippen LogP contribution < -0.4 is 10.6 Å². The number of aromatic nitrogens is 3. The Hall–Kier alpha value is -1.38. The van der Waals surface area contributed by atoms with Gasteiger partial charge in [-0.1, -0.05) is 23.1 Å². The highest BCUT2D eigenvalue weighted by molar-refractivity contribution is 8.01. The molecule has 0 unspecified atom stereocenters. The van der Waals surface area contributed by atoms with Crippen molar-refractivity contribution in [3.05, 3.63) is 17.1 Å². The highest BCUT2D eigenvalue weighted by atomic mass is 32.2. The van der Waals surface area contributed by atoms with Gasteiger partial charge in [-0.25, -0.2) is 4.98 Å². The molecular weight excluding hydrogens is 310 g/mol. The number of aryl methyl sites for hydroxylation is 1. The van der Waals surface area contributed by atoms with Gasteiger partial charge in [0.15, 0.2) is 4.34 Å². The molecule has 0 aliphatic carbocycles. The second-order valence-electron chi connectivity index (χ2n) is 4.44. The third-order valence-electron chi connectivity index (χ3n) is 2.60. The zero-order valence-corrected chi connectivity index (χ0v) is 13.7. The van der Waals surface area contributed by atoms with Crippen molar-refractivity contribution in [3.63, 3.8) is 0 Å². The Morgan fingerprint density at radius 3 is 2.70 bits per heavy atom. The lowest BCUT2D eigenvalue weighted by Crippen LogP contribution is -2.07. The van der Waals surface area contributed by atoms with E-state index in [4.69, 9.17) is 5.73 Å². The lowest BCUT2D eigenvalue weighted by molar-refractivity contribution is 0.973. The van der Waals surface area contributed by atoms with E-state index < -0.39 is 0 Å². The molecule has 0 amide bonds. The van der Waals surface area contributed by atoms with E-state index in [1.807, 2.05) is 38.1 Å². The largest absolute Gasteiger partial charge is 0.398 e. The zero-order valence-electron chi connectivity index (χ0n) is 11.2. The van der Waals surface area contributed by atoms with Gasteiger partial charge in [-0.05, 0) is 19.1 Å². The quantitative estimate of drug-likeness (QED) is 0.746. The molecular formula is C12H13N5S3. The molecule has 1 aromatic carbocycles. The molecule has 0 spiro atoms. The van der Waals surface area contributed by atoms with Gasteiger partial charge in [-0.15, -0.1) is 21.5 Å². The normalized spacial score (nSPS) is 11.2. The summed E-state index contributed by atoms with van der Waals surface area (Å²) in [6.45, 7) is 2.00.